The molecule has 270 valence electrons. The topological polar surface area (TPSA) is 23.0 Å². The molecule has 0 unspecified atom stereocenters. The van der Waals surface area contributed by atoms with Crippen molar-refractivity contribution in [1.82, 2.24) is 9.13 Å². The summed E-state index contributed by atoms with van der Waals surface area (Å²) in [6, 6.07) is 56.0. The summed E-state index contributed by atoms with van der Waals surface area (Å²) < 4.78 is 56.0. The molecule has 0 N–H and O–H groups in total. The maximum atomic E-state index is 8.77. The maximum Gasteiger partial charge on any atom is 0.136 e. The van der Waals surface area contributed by atoms with E-state index in [-0.39, 0.29) is 29.7 Å². The molecule has 0 aliphatic heterocycles. The highest BCUT2D eigenvalue weighted by Crippen LogP contribution is 2.42. The van der Waals surface area contributed by atoms with Crippen LogP contribution in [0.2, 0.25) is 0 Å². The van der Waals surface area contributed by atoms with Gasteiger partial charge in [-0.15, -0.1) is 11.3 Å². The molecule has 58 heavy (non-hydrogen) atoms. The monoisotopic (exact) mass is 761 g/mol. The quantitative estimate of drug-likeness (QED) is 0.175. The number of nitrogens with zero attached hydrogens (tertiary/aromatic N) is 2. The standard InChI is InChI=1S/C54H32N2OS/c1-2-11-33(12-3-1)38-16-10-19-51-54(38)45-31-36(24-28-50(45)57-51)55-46-17-7-4-13-39(46)43-29-34(21-26-48(43)55)35-22-27-49-44(30-35)40-14-5-8-18-47(40)56(49)37-23-25-42-41-15-6-9-20-52(41)58-53(42)32-37/h1-32H/i1D,2D,3D,11D,12D. The minimum absolute atomic E-state index is 0.153. The Bertz CT molecular complexity index is 4090. The smallest absolute Gasteiger partial charge is 0.136 e. The van der Waals surface area contributed by atoms with Gasteiger partial charge in [-0.05, 0) is 101 Å². The third-order valence-corrected chi connectivity index (χ3v) is 12.9. The van der Waals surface area contributed by atoms with Crippen LogP contribution in [0.4, 0.5) is 0 Å². The van der Waals surface area contributed by atoms with Crippen LogP contribution in [-0.4, -0.2) is 9.13 Å². The van der Waals surface area contributed by atoms with Gasteiger partial charge in [-0.3, -0.25) is 0 Å². The fourth-order valence-corrected chi connectivity index (χ4v) is 10.4. The van der Waals surface area contributed by atoms with Crippen molar-refractivity contribution in [3.05, 3.63) is 194 Å². The van der Waals surface area contributed by atoms with Crippen LogP contribution in [0.3, 0.4) is 0 Å². The molecule has 4 heterocycles. The highest BCUT2D eigenvalue weighted by atomic mass is 32.1. The Labute approximate surface area is 343 Å². The fraction of sp³-hybridized carbons (Fsp3) is 0. The zero-order chi connectivity index (χ0) is 42.2. The summed E-state index contributed by atoms with van der Waals surface area (Å²) in [5.74, 6) is 0. The molecule has 0 saturated heterocycles. The lowest BCUT2D eigenvalue weighted by atomic mass is 9.99. The second-order valence-electron chi connectivity index (χ2n) is 14.9. The van der Waals surface area contributed by atoms with Crippen LogP contribution in [0.1, 0.15) is 6.85 Å². The van der Waals surface area contributed by atoms with Gasteiger partial charge in [0.05, 0.1) is 28.9 Å². The van der Waals surface area contributed by atoms with Gasteiger partial charge < -0.3 is 13.6 Å². The number of para-hydroxylation sites is 2. The van der Waals surface area contributed by atoms with Crippen molar-refractivity contribution in [1.29, 1.82) is 0 Å². The van der Waals surface area contributed by atoms with Crippen LogP contribution in [0.15, 0.2) is 198 Å². The molecule has 3 nitrogen and oxygen atoms in total. The largest absolute Gasteiger partial charge is 0.456 e. The molecule has 0 saturated carbocycles. The number of aromatic nitrogens is 2. The molecule has 0 fully saturated rings. The number of furan rings is 1. The molecule has 0 spiro atoms. The number of thiophene rings is 1. The van der Waals surface area contributed by atoms with E-state index in [0.29, 0.717) is 22.1 Å². The van der Waals surface area contributed by atoms with E-state index in [1.165, 1.54) is 36.5 Å². The first-order valence-corrected chi connectivity index (χ1v) is 20.2. The Morgan fingerprint density at radius 2 is 1.00 bits per heavy atom. The first-order valence-electron chi connectivity index (χ1n) is 21.8. The van der Waals surface area contributed by atoms with Crippen molar-refractivity contribution < 1.29 is 11.3 Å². The fourth-order valence-electron chi connectivity index (χ4n) is 9.26. The first-order chi connectivity index (χ1) is 30.8. The van der Waals surface area contributed by atoms with Crippen molar-refractivity contribution in [2.45, 2.75) is 0 Å². The molecule has 0 aliphatic carbocycles. The van der Waals surface area contributed by atoms with Crippen LogP contribution in [0.25, 0.3) is 119 Å². The normalized spacial score (nSPS) is 13.3. The number of rotatable bonds is 4. The molecule has 0 radical (unpaired) electrons. The van der Waals surface area contributed by atoms with Gasteiger partial charge in [0.2, 0.25) is 0 Å². The first kappa shape index (κ1) is 27.2. The lowest BCUT2D eigenvalue weighted by Gasteiger charge is -2.10. The van der Waals surface area contributed by atoms with Crippen LogP contribution in [0, 0.1) is 0 Å². The number of hydrogen-bond donors (Lipinski definition) is 0. The van der Waals surface area contributed by atoms with E-state index in [0.717, 1.165) is 55.2 Å². The van der Waals surface area contributed by atoms with E-state index in [2.05, 4.69) is 149 Å². The molecule has 13 rings (SSSR count). The van der Waals surface area contributed by atoms with Crippen LogP contribution < -0.4 is 0 Å². The number of fused-ring (bicyclic) bond motifs is 12. The van der Waals surface area contributed by atoms with Crippen molar-refractivity contribution in [3.8, 4) is 33.6 Å². The Morgan fingerprint density at radius 3 is 1.72 bits per heavy atom. The summed E-state index contributed by atoms with van der Waals surface area (Å²) in [5.41, 5.74) is 10.7. The minimum Gasteiger partial charge on any atom is -0.456 e. The maximum absolute atomic E-state index is 8.77. The van der Waals surface area contributed by atoms with Crippen molar-refractivity contribution in [2.75, 3.05) is 0 Å². The Hall–Kier alpha value is -7.40. The number of hydrogen-bond acceptors (Lipinski definition) is 2. The summed E-state index contributed by atoms with van der Waals surface area (Å²) in [5, 5.41) is 8.74. The Balaban J connectivity index is 0.964. The van der Waals surface area contributed by atoms with Gasteiger partial charge >= 0.3 is 0 Å². The van der Waals surface area contributed by atoms with Crippen LogP contribution in [0.5, 0.6) is 0 Å². The molecule has 0 aliphatic rings. The van der Waals surface area contributed by atoms with Gasteiger partial charge in [-0.1, -0.05) is 115 Å². The molecular formula is C54H32N2OS. The average molecular weight is 762 g/mol. The third-order valence-electron chi connectivity index (χ3n) is 11.8. The van der Waals surface area contributed by atoms with Crippen LogP contribution >= 0.6 is 11.3 Å². The Kier molecular flexibility index (Phi) is 5.66. The molecule has 0 atom stereocenters. The lowest BCUT2D eigenvalue weighted by molar-refractivity contribution is 0.669. The van der Waals surface area contributed by atoms with Crippen molar-refractivity contribution >= 4 is 97.1 Å². The van der Waals surface area contributed by atoms with Crippen LogP contribution in [-0.2, 0) is 0 Å². The van der Waals surface area contributed by atoms with Crippen molar-refractivity contribution in [2.24, 2.45) is 0 Å². The van der Waals surface area contributed by atoms with E-state index in [9.17, 15) is 0 Å². The third kappa shape index (κ3) is 4.55. The van der Waals surface area contributed by atoms with Crippen molar-refractivity contribution in [3.63, 3.8) is 0 Å². The summed E-state index contributed by atoms with van der Waals surface area (Å²) in [6.45, 7) is 0. The lowest BCUT2D eigenvalue weighted by Crippen LogP contribution is -1.93. The predicted octanol–water partition coefficient (Wildman–Crippen LogP) is 15.5. The van der Waals surface area contributed by atoms with E-state index in [4.69, 9.17) is 11.3 Å². The van der Waals surface area contributed by atoms with Gasteiger partial charge in [0, 0.05) is 63.9 Å². The predicted molar refractivity (Wildman–Crippen MR) is 246 cm³/mol. The minimum atomic E-state index is -0.417. The van der Waals surface area contributed by atoms with E-state index < -0.39 is 6.04 Å². The molecule has 4 aromatic heterocycles. The molecule has 13 aromatic rings. The highest BCUT2D eigenvalue weighted by Gasteiger charge is 2.19. The summed E-state index contributed by atoms with van der Waals surface area (Å²) in [7, 11) is 0. The molecule has 9 aromatic carbocycles. The second kappa shape index (κ2) is 12.1. The molecular weight excluding hydrogens is 725 g/mol. The van der Waals surface area contributed by atoms with Gasteiger partial charge in [0.25, 0.3) is 0 Å². The molecule has 0 amide bonds. The van der Waals surface area contributed by atoms with Gasteiger partial charge in [0.15, 0.2) is 0 Å². The average Bonchev–Trinajstić information content (AvgIpc) is 4.07. The number of benzene rings is 9. The Morgan fingerprint density at radius 1 is 0.397 bits per heavy atom. The summed E-state index contributed by atoms with van der Waals surface area (Å²) >= 11 is 1.84. The molecule has 4 heteroatoms. The van der Waals surface area contributed by atoms with Gasteiger partial charge in [-0.25, -0.2) is 0 Å². The highest BCUT2D eigenvalue weighted by molar-refractivity contribution is 7.25. The molecule has 0 bridgehead atoms. The summed E-state index contributed by atoms with van der Waals surface area (Å²) in [4.78, 5) is 0. The second-order valence-corrected chi connectivity index (χ2v) is 16.0. The van der Waals surface area contributed by atoms with Gasteiger partial charge in [-0.2, -0.15) is 0 Å². The zero-order valence-electron chi connectivity index (χ0n) is 35.8. The SMILES string of the molecule is [2H]c1c([2H])c([2H])c(-c2cccc3oc4ccc(-n5c6ccccc6c6cc(-c7ccc8c(c7)c7ccccc7n8-c7ccc8c(c7)sc7ccccc78)ccc65)cc4c23)c([2H])c1[2H]. The zero-order valence-corrected chi connectivity index (χ0v) is 31.6. The van der Waals surface area contributed by atoms with E-state index >= 15 is 0 Å². The van der Waals surface area contributed by atoms with E-state index in [1.807, 2.05) is 23.5 Å². The van der Waals surface area contributed by atoms with E-state index in [1.54, 1.807) is 12.1 Å². The van der Waals surface area contributed by atoms with Gasteiger partial charge in [0.1, 0.15) is 11.2 Å². The summed E-state index contributed by atoms with van der Waals surface area (Å²) in [6.07, 6.45) is 0.